The van der Waals surface area contributed by atoms with Gasteiger partial charge in [-0.05, 0) is 31.4 Å². The van der Waals surface area contributed by atoms with Crippen molar-refractivity contribution in [3.63, 3.8) is 0 Å². The molecule has 1 aliphatic carbocycles. The molecule has 11 nitrogen and oxygen atoms in total. The summed E-state index contributed by atoms with van der Waals surface area (Å²) in [6.07, 6.45) is -3.12. The van der Waals surface area contributed by atoms with Gasteiger partial charge in [-0.3, -0.25) is 9.13 Å². The van der Waals surface area contributed by atoms with E-state index in [2.05, 4.69) is 25.3 Å². The van der Waals surface area contributed by atoms with Crippen molar-refractivity contribution in [2.45, 2.75) is 37.5 Å². The Labute approximate surface area is 222 Å². The van der Waals surface area contributed by atoms with Gasteiger partial charge in [0, 0.05) is 34.6 Å². The van der Waals surface area contributed by atoms with Gasteiger partial charge in [0.2, 0.25) is 0 Å². The number of fused-ring (bicyclic) bond motifs is 2. The van der Waals surface area contributed by atoms with Gasteiger partial charge in [-0.2, -0.15) is 13.2 Å². The van der Waals surface area contributed by atoms with Crippen molar-refractivity contribution in [3.8, 4) is 0 Å². The van der Waals surface area contributed by atoms with Crippen LogP contribution in [0.3, 0.4) is 0 Å². The zero-order valence-electron chi connectivity index (χ0n) is 23.2. The quantitative estimate of drug-likeness (QED) is 0.338. The molecule has 3 heterocycles. The number of aromatic nitrogens is 4. The van der Waals surface area contributed by atoms with Gasteiger partial charge in [0.15, 0.2) is 0 Å². The first-order valence-electron chi connectivity index (χ1n) is 13.2. The summed E-state index contributed by atoms with van der Waals surface area (Å²) in [7, 11) is 1.21. The Morgan fingerprint density at radius 2 is 2.00 bits per heavy atom. The minimum atomic E-state index is -4.81. The molecule has 1 amide bonds. The minimum Gasteiger partial charge on any atom is -0.478 e. The van der Waals surface area contributed by atoms with Crippen LogP contribution in [0.4, 0.5) is 29.6 Å². The lowest BCUT2D eigenvalue weighted by Crippen LogP contribution is -2.33. The van der Waals surface area contributed by atoms with Crippen LogP contribution in [0.25, 0.3) is 21.9 Å². The second kappa shape index (κ2) is 9.60. The number of hydrogen-bond donors (Lipinski definition) is 3. The smallest absolute Gasteiger partial charge is 0.418 e. The summed E-state index contributed by atoms with van der Waals surface area (Å²) in [5.41, 5.74) is -2.85. The van der Waals surface area contributed by atoms with Crippen LogP contribution in [0.1, 0.15) is 45.3 Å². The maximum absolute atomic E-state index is 13.7. The zero-order chi connectivity index (χ0) is 30.6. The number of aromatic carboxylic acids is 1. The molecule has 4 aromatic rings. The number of para-hydroxylation sites is 1. The number of benzene rings is 1. The van der Waals surface area contributed by atoms with Gasteiger partial charge in [-0.15, -0.1) is 0 Å². The van der Waals surface area contributed by atoms with Crippen LogP contribution in [-0.2, 0) is 17.9 Å². The van der Waals surface area contributed by atoms with Crippen LogP contribution in [-0.4, -0.2) is 49.4 Å². The highest BCUT2D eigenvalue weighted by Crippen LogP contribution is 2.36. The maximum Gasteiger partial charge on any atom is 0.418 e. The van der Waals surface area contributed by atoms with Crippen molar-refractivity contribution >= 4 is 45.6 Å². The average Bonchev–Trinajstić information content (AvgIpc) is 3.47. The van der Waals surface area contributed by atoms with Crippen molar-refractivity contribution in [1.82, 2.24) is 24.4 Å². The largest absolute Gasteiger partial charge is 0.478 e. The average molecular weight is 548 g/mol. The Hall–Kier alpha value is -4.62. The molecule has 0 saturated heterocycles. The molecule has 1 aromatic carbocycles. The van der Waals surface area contributed by atoms with Crippen molar-refractivity contribution in [2.75, 3.05) is 12.4 Å². The number of hydrogen-bond acceptors (Lipinski definition) is 7. The molecule has 0 radical (unpaired) electrons. The van der Waals surface area contributed by atoms with Crippen molar-refractivity contribution in [2.24, 2.45) is 6.98 Å². The van der Waals surface area contributed by atoms with E-state index in [0.29, 0.717) is 23.8 Å². The highest BCUT2D eigenvalue weighted by Gasteiger charge is 2.34. The third-order valence-electron chi connectivity index (χ3n) is 6.67. The van der Waals surface area contributed by atoms with E-state index in [-0.39, 0.29) is 34.1 Å². The van der Waals surface area contributed by atoms with Crippen LogP contribution in [0.5, 0.6) is 0 Å². The second-order valence-corrected chi connectivity index (χ2v) is 9.03. The third kappa shape index (κ3) is 4.73. The number of carboxylic acid groups (broad SMARTS) is 1. The van der Waals surface area contributed by atoms with Gasteiger partial charge >= 0.3 is 23.9 Å². The highest BCUT2D eigenvalue weighted by atomic mass is 19.4. The molecule has 0 aliphatic heterocycles. The number of nitrogens with zero attached hydrogens (tertiary/aromatic N) is 4. The molecule has 3 N–H and O–H groups in total. The van der Waals surface area contributed by atoms with Crippen LogP contribution in [0.2, 0.25) is 0 Å². The third-order valence-corrected chi connectivity index (χ3v) is 6.67. The number of aryl methyl sites for hydroxylation is 1. The number of alkyl carbamates (subject to hydrolysis) is 1. The number of ether oxygens (including phenoxy) is 1. The molecule has 1 aliphatic rings. The molecule has 5 rings (SSSR count). The van der Waals surface area contributed by atoms with E-state index in [1.165, 1.54) is 23.8 Å². The van der Waals surface area contributed by atoms with E-state index >= 15 is 0 Å². The summed E-state index contributed by atoms with van der Waals surface area (Å²) >= 11 is 0. The second-order valence-electron chi connectivity index (χ2n) is 9.03. The van der Waals surface area contributed by atoms with Gasteiger partial charge in [-0.25, -0.2) is 24.4 Å². The predicted molar refractivity (Wildman–Crippen MR) is 134 cm³/mol. The molecular formula is C25H23F3N6O5. The fraction of sp³-hybridized carbons (Fsp3) is 0.320. The summed E-state index contributed by atoms with van der Waals surface area (Å²) in [4.78, 5) is 45.1. The van der Waals surface area contributed by atoms with Crippen LogP contribution >= 0.6 is 0 Å². The van der Waals surface area contributed by atoms with Gasteiger partial charge in [-0.1, -0.05) is 12.1 Å². The van der Waals surface area contributed by atoms with Crippen molar-refractivity contribution < 1.29 is 36.7 Å². The highest BCUT2D eigenvalue weighted by molar-refractivity contribution is 6.04. The van der Waals surface area contributed by atoms with E-state index in [4.69, 9.17) is 4.11 Å². The number of carboxylic acids is 1. The van der Waals surface area contributed by atoms with Crippen LogP contribution < -0.4 is 16.3 Å². The number of carbonyl (C=O) groups excluding carboxylic acids is 1. The summed E-state index contributed by atoms with van der Waals surface area (Å²) in [5.74, 6) is -1.78. The molecule has 3 aromatic heterocycles. The monoisotopic (exact) mass is 547 g/mol. The fourth-order valence-corrected chi connectivity index (χ4v) is 4.94. The summed E-state index contributed by atoms with van der Waals surface area (Å²) in [6, 6.07) is 4.64. The first kappa shape index (κ1) is 22.4. The number of anilines is 2. The van der Waals surface area contributed by atoms with E-state index in [9.17, 15) is 32.7 Å². The van der Waals surface area contributed by atoms with Crippen LogP contribution in [0.15, 0.2) is 41.3 Å². The lowest BCUT2D eigenvalue weighted by molar-refractivity contribution is -0.136. The van der Waals surface area contributed by atoms with E-state index in [1.54, 1.807) is 0 Å². The molecule has 204 valence electrons. The SMILES string of the molecule is [2H]C([2H])([2H])n1c(=O)n([C@@H]2CC[C@@H](NC(=O)OC)C2)c2cc(Nc3cc(C(=O)O)c4cccc(C(F)(F)F)c4n3)ncc21. The van der Waals surface area contributed by atoms with E-state index < -0.39 is 53.6 Å². The van der Waals surface area contributed by atoms with Gasteiger partial charge in [0.05, 0.1) is 41.0 Å². The summed E-state index contributed by atoms with van der Waals surface area (Å²) in [5, 5.41) is 14.8. The minimum absolute atomic E-state index is 0.0213. The number of methoxy groups -OCH3 is 1. The number of amides is 1. The van der Waals surface area contributed by atoms with Gasteiger partial charge in [0.25, 0.3) is 0 Å². The normalized spacial score (nSPS) is 18.9. The summed E-state index contributed by atoms with van der Waals surface area (Å²) in [6.45, 7) is -2.86. The fourth-order valence-electron chi connectivity index (χ4n) is 4.94. The number of pyridine rings is 2. The predicted octanol–water partition coefficient (Wildman–Crippen LogP) is 4.19. The molecule has 0 spiro atoms. The summed E-state index contributed by atoms with van der Waals surface area (Å²) < 4.78 is 71.3. The Kier molecular flexibility index (Phi) is 5.51. The molecular weight excluding hydrogens is 521 g/mol. The molecule has 0 unspecified atom stereocenters. The number of nitrogens with one attached hydrogen (secondary N) is 2. The lowest BCUT2D eigenvalue weighted by atomic mass is 10.0. The maximum atomic E-state index is 13.7. The molecule has 0 bridgehead atoms. The Balaban J connectivity index is 1.61. The van der Waals surface area contributed by atoms with Crippen molar-refractivity contribution in [3.05, 3.63) is 58.1 Å². The number of rotatable bonds is 5. The Morgan fingerprint density at radius 3 is 2.69 bits per heavy atom. The van der Waals surface area contributed by atoms with Gasteiger partial charge in [0.1, 0.15) is 11.6 Å². The number of imidazole rings is 1. The van der Waals surface area contributed by atoms with Crippen molar-refractivity contribution in [1.29, 1.82) is 0 Å². The molecule has 39 heavy (non-hydrogen) atoms. The number of carbonyl (C=O) groups is 2. The standard InChI is InChI=1S/C25H23F3N6O5/c1-33-18-11-29-19(10-17(18)34(24(33)38)13-7-6-12(8-13)30-23(37)39-2)31-20-9-15(22(35)36)14-4-3-5-16(21(14)32-20)25(26,27)28/h3-5,9-13H,6-8H2,1-2H3,(H,30,37)(H,35,36)(H,29,31,32)/t12-,13-/m1/s1/i1D3. The number of halogens is 3. The lowest BCUT2D eigenvalue weighted by Gasteiger charge is -2.15. The first-order valence-corrected chi connectivity index (χ1v) is 11.7. The van der Waals surface area contributed by atoms with E-state index in [1.807, 2.05) is 0 Å². The number of alkyl halides is 3. The Morgan fingerprint density at radius 1 is 1.21 bits per heavy atom. The van der Waals surface area contributed by atoms with Crippen LogP contribution in [0, 0.1) is 0 Å². The first-order chi connectivity index (χ1) is 19.7. The molecule has 14 heteroatoms. The van der Waals surface area contributed by atoms with Gasteiger partial charge < -0.3 is 20.5 Å². The molecule has 1 fully saturated rings. The topological polar surface area (TPSA) is 140 Å². The molecule has 1 saturated carbocycles. The zero-order valence-corrected chi connectivity index (χ0v) is 20.2. The Bertz CT molecular complexity index is 1790. The molecule has 2 atom stereocenters. The van der Waals surface area contributed by atoms with E-state index in [0.717, 1.165) is 24.4 Å².